The van der Waals surface area contributed by atoms with Crippen molar-refractivity contribution in [2.24, 2.45) is 5.84 Å². The second-order valence-electron chi connectivity index (χ2n) is 19.8. The summed E-state index contributed by atoms with van der Waals surface area (Å²) in [6.07, 6.45) is -1.13. The Morgan fingerprint density at radius 2 is 0.780 bits per heavy atom. The molecular weight excluding hydrogens is 1090 g/mol. The number of carbonyl (C=O) groups is 10. The number of carboxylic acids is 6. The molecule has 1 unspecified atom stereocenters. The predicted molar refractivity (Wildman–Crippen MR) is 295 cm³/mol. The summed E-state index contributed by atoms with van der Waals surface area (Å²) in [6.45, 7) is -0.836. The van der Waals surface area contributed by atoms with E-state index >= 15 is 0 Å². The summed E-state index contributed by atoms with van der Waals surface area (Å²) in [6, 6.07) is 13.9. The van der Waals surface area contributed by atoms with Gasteiger partial charge in [0.15, 0.2) is 12.5 Å². The predicted octanol–water partition coefficient (Wildman–Crippen LogP) is -3.86. The van der Waals surface area contributed by atoms with Crippen LogP contribution in [0.5, 0.6) is 0 Å². The summed E-state index contributed by atoms with van der Waals surface area (Å²) in [5, 5.41) is 59.7. The minimum absolute atomic E-state index is 0. The molecular formula is C51H71N14NaO16. The normalized spacial score (nSPS) is 17.4. The second kappa shape index (κ2) is 32.0. The molecule has 0 radical (unpaired) electrons. The number of nitrogens with one attached hydrogen (secondary N) is 4. The van der Waals surface area contributed by atoms with Crippen LogP contribution in [0.4, 0.5) is 0 Å². The van der Waals surface area contributed by atoms with Crippen LogP contribution >= 0.6 is 0 Å². The van der Waals surface area contributed by atoms with Crippen molar-refractivity contribution in [1.82, 2.24) is 65.0 Å². The quantitative estimate of drug-likeness (QED) is 0.0125. The number of nitrogens with zero attached hydrogens (tertiary/aromatic N) is 9. The molecule has 3 amide bonds. The Morgan fingerprint density at radius 1 is 0.476 bits per heavy atom. The Morgan fingerprint density at radius 3 is 1.12 bits per heavy atom. The van der Waals surface area contributed by atoms with Crippen LogP contribution < -0.4 is 16.7 Å². The number of aromatic nitrogens is 2. The molecule has 4 heterocycles. The zero-order valence-electron chi connectivity index (χ0n) is 44.6. The van der Waals surface area contributed by atoms with E-state index < -0.39 is 72.8 Å². The number of carboxylic acid groups (broad SMARTS) is 6. The van der Waals surface area contributed by atoms with Crippen LogP contribution in [0, 0.1) is 0 Å². The number of hydrogen-bond donors (Lipinski definition) is 11. The van der Waals surface area contributed by atoms with Gasteiger partial charge in [-0.05, 0) is 23.3 Å². The first-order valence-corrected chi connectivity index (χ1v) is 26.1. The van der Waals surface area contributed by atoms with Gasteiger partial charge in [-0.2, -0.15) is 0 Å². The molecule has 30 nitrogen and oxygen atoms in total. The third-order valence-corrected chi connectivity index (χ3v) is 14.1. The molecule has 0 bridgehead atoms. The van der Waals surface area contributed by atoms with Crippen LogP contribution in [0.3, 0.4) is 0 Å². The van der Waals surface area contributed by atoms with Gasteiger partial charge in [-0.3, -0.25) is 103 Å². The maximum absolute atomic E-state index is 14.9. The number of benzene rings is 2. The molecule has 1 atom stereocenters. The molecule has 2 aromatic carbocycles. The van der Waals surface area contributed by atoms with E-state index in [1.165, 1.54) is 4.90 Å². The number of fused-ring (bicyclic) bond motifs is 2. The number of carbonyl (C=O) groups excluding carboxylic acids is 4. The molecule has 31 heteroatoms. The van der Waals surface area contributed by atoms with Gasteiger partial charge in [-0.25, -0.2) is 5.84 Å². The topological polar surface area (TPSA) is 403 Å². The van der Waals surface area contributed by atoms with Crippen LogP contribution in [-0.2, 0) is 44.8 Å². The third-order valence-electron chi connectivity index (χ3n) is 14.1. The molecule has 0 aliphatic carbocycles. The molecule has 12 N–H and O–H groups in total. The summed E-state index contributed by atoms with van der Waals surface area (Å²) in [5.41, 5.74) is 6.68. The zero-order valence-corrected chi connectivity index (χ0v) is 44.6. The number of nitrogens with two attached hydrogens (primary N) is 1. The molecule has 2 aromatic heterocycles. The number of hydrogen-bond acceptors (Lipinski definition) is 19. The first-order chi connectivity index (χ1) is 38.7. The van der Waals surface area contributed by atoms with E-state index in [0.29, 0.717) is 39.2 Å². The summed E-state index contributed by atoms with van der Waals surface area (Å²) in [5.74, 6) is -2.39. The average Bonchev–Trinajstić information content (AvgIpc) is 4.11. The van der Waals surface area contributed by atoms with Gasteiger partial charge in [0.1, 0.15) is 11.4 Å². The molecule has 6 rings (SSSR count). The fraction of sp³-hybridized carbons (Fsp3) is 0.490. The number of rotatable bonds is 21. The number of amides is 3. The first kappa shape index (κ1) is 65.9. The van der Waals surface area contributed by atoms with E-state index in [1.54, 1.807) is 82.8 Å². The molecule has 2 aliphatic rings. The van der Waals surface area contributed by atoms with Crippen molar-refractivity contribution in [1.29, 1.82) is 0 Å². The van der Waals surface area contributed by atoms with E-state index in [4.69, 9.17) is 5.84 Å². The number of aliphatic carboxylic acids is 6. The van der Waals surface area contributed by atoms with Crippen molar-refractivity contribution >= 4 is 111 Å². The van der Waals surface area contributed by atoms with Gasteiger partial charge in [0.05, 0.1) is 45.8 Å². The van der Waals surface area contributed by atoms with Crippen molar-refractivity contribution in [2.75, 3.05) is 151 Å². The Labute approximate surface area is 492 Å². The summed E-state index contributed by atoms with van der Waals surface area (Å²) in [4.78, 5) is 146. The second-order valence-corrected chi connectivity index (χ2v) is 19.8. The first-order valence-electron chi connectivity index (χ1n) is 26.1. The van der Waals surface area contributed by atoms with Gasteiger partial charge in [0.25, 0.3) is 17.7 Å². The molecule has 2 saturated heterocycles. The Bertz CT molecular complexity index is 2840. The Kier molecular flexibility index (Phi) is 25.7. The van der Waals surface area contributed by atoms with Gasteiger partial charge >= 0.3 is 65.4 Å². The zero-order chi connectivity index (χ0) is 58.8. The van der Waals surface area contributed by atoms with Crippen LogP contribution in [0.2, 0.25) is 0 Å². The molecule has 0 saturated carbocycles. The number of H-pyrrole nitrogens is 2. The van der Waals surface area contributed by atoms with E-state index in [1.807, 2.05) is 0 Å². The average molecular weight is 1160 g/mol. The van der Waals surface area contributed by atoms with Gasteiger partial charge < -0.3 is 40.6 Å². The molecule has 442 valence electrons. The Balaban J connectivity index is 0.0000123. The van der Waals surface area contributed by atoms with Gasteiger partial charge in [-0.15, -0.1) is 0 Å². The number of hydrazine groups is 2. The SMILES string of the molecule is NN(C(=O)c1[nH]c2ccccc2c1Cc1c(C(=O)NNC(=O)CN2CCN(CC(=O)O)CCN(CC(=O)O)CCN(CC(=O)O)CC2)[nH]c2ccccc12)C(C=O)N1CCN(CC(=O)O)CCN(CC(=O)O)CCN(CC(=O)O)CC1.[NaH]. The monoisotopic (exact) mass is 1160 g/mol. The third kappa shape index (κ3) is 19.9. The van der Waals surface area contributed by atoms with Crippen molar-refractivity contribution < 1.29 is 78.6 Å². The molecule has 82 heavy (non-hydrogen) atoms. The fourth-order valence-electron chi connectivity index (χ4n) is 9.98. The van der Waals surface area contributed by atoms with Gasteiger partial charge in [-0.1, -0.05) is 36.4 Å². The standard InChI is InChI=1S/C51H70N14O16.Na.H/c52-65(41(33-66)64-23-21-62(31-46(76)77)19-17-61(30-45(74)75)18-20-63(22-24-64)32-47(78)79)51(81)49-37(35-6-2-4-8-39(35)54-49)25-36-34-5-1-3-7-38(34)53-48(36)50(80)56-55-40(67)26-57-9-11-58(27-42(68)69)13-15-60(29-44(72)73)16-14-59(12-10-57)28-43(70)71;;/h1-8,33,41,53-54H,9-32,52H2,(H,55,67)(H,56,80)(H,68,69)(H,70,71)(H,72,73)(H,74,75)(H,76,77)(H,78,79);;. The molecule has 0 spiro atoms. The summed E-state index contributed by atoms with van der Waals surface area (Å²) < 4.78 is 0. The number of aromatic amines is 2. The van der Waals surface area contributed by atoms with Crippen LogP contribution in [0.1, 0.15) is 32.1 Å². The maximum atomic E-state index is 14.9. The van der Waals surface area contributed by atoms with Crippen molar-refractivity contribution in [3.8, 4) is 0 Å². The summed E-state index contributed by atoms with van der Waals surface area (Å²) >= 11 is 0. The Hall–Kier alpha value is -6.94. The van der Waals surface area contributed by atoms with Gasteiger partial charge in [0, 0.05) is 133 Å². The molecule has 2 aliphatic heterocycles. The number of aldehydes is 1. The van der Waals surface area contributed by atoms with Crippen molar-refractivity contribution in [3.63, 3.8) is 0 Å². The molecule has 4 aromatic rings. The van der Waals surface area contributed by atoms with Crippen LogP contribution in [0.15, 0.2) is 48.5 Å². The van der Waals surface area contributed by atoms with E-state index in [0.717, 1.165) is 5.01 Å². The van der Waals surface area contributed by atoms with E-state index in [9.17, 15) is 78.6 Å². The van der Waals surface area contributed by atoms with E-state index in [-0.39, 0.29) is 185 Å². The number of para-hydroxylation sites is 2. The fourth-order valence-corrected chi connectivity index (χ4v) is 9.98. The van der Waals surface area contributed by atoms with E-state index in [2.05, 4.69) is 20.8 Å². The van der Waals surface area contributed by atoms with Crippen LogP contribution in [-0.4, -0.2) is 331 Å². The minimum atomic E-state index is -1.48. The summed E-state index contributed by atoms with van der Waals surface area (Å²) in [7, 11) is 0. The van der Waals surface area contributed by atoms with Crippen molar-refractivity contribution in [3.05, 3.63) is 71.0 Å². The van der Waals surface area contributed by atoms with Crippen LogP contribution in [0.25, 0.3) is 21.8 Å². The molecule has 2 fully saturated rings. The van der Waals surface area contributed by atoms with Crippen molar-refractivity contribution in [2.45, 2.75) is 12.6 Å². The van der Waals surface area contributed by atoms with Gasteiger partial charge in [0.2, 0.25) is 0 Å².